The molecule has 2 heterocycles. The molecule has 6 heteroatoms. The quantitative estimate of drug-likeness (QED) is 0.765. The number of hydrogen-bond donors (Lipinski definition) is 1. The van der Waals surface area contributed by atoms with Crippen molar-refractivity contribution in [3.8, 4) is 17.0 Å². The summed E-state index contributed by atoms with van der Waals surface area (Å²) in [4.78, 5) is 14.4. The number of carbonyl (C=O) groups is 1. The summed E-state index contributed by atoms with van der Waals surface area (Å²) in [7, 11) is 0. The molecule has 26 heavy (non-hydrogen) atoms. The molecule has 0 radical (unpaired) electrons. The molecule has 132 valence electrons. The minimum atomic E-state index is -0.0595. The van der Waals surface area contributed by atoms with Crippen molar-refractivity contribution in [2.75, 3.05) is 13.2 Å². The molecule has 1 amide bonds. The van der Waals surface area contributed by atoms with E-state index in [-0.39, 0.29) is 12.5 Å². The molecule has 2 aromatic carbocycles. The summed E-state index contributed by atoms with van der Waals surface area (Å²) in [5.74, 6) is 0.462. The van der Waals surface area contributed by atoms with Gasteiger partial charge in [-0.2, -0.15) is 5.10 Å². The molecule has 0 saturated heterocycles. The maximum Gasteiger partial charge on any atom is 0.260 e. The Labute approximate surface area is 156 Å². The zero-order valence-corrected chi connectivity index (χ0v) is 14.9. The fourth-order valence-electron chi connectivity index (χ4n) is 3.14. The first-order valence-electron chi connectivity index (χ1n) is 8.49. The van der Waals surface area contributed by atoms with E-state index in [0.29, 0.717) is 23.9 Å². The summed E-state index contributed by atoms with van der Waals surface area (Å²) < 4.78 is 5.59. The Bertz CT molecular complexity index is 924. The van der Waals surface area contributed by atoms with Crippen LogP contribution in [0.3, 0.4) is 0 Å². The van der Waals surface area contributed by atoms with E-state index in [1.807, 2.05) is 42.5 Å². The van der Waals surface area contributed by atoms with Crippen LogP contribution in [0.2, 0.25) is 5.02 Å². The predicted octanol–water partition coefficient (Wildman–Crippen LogP) is 3.69. The predicted molar refractivity (Wildman–Crippen MR) is 100 cm³/mol. The van der Waals surface area contributed by atoms with E-state index < -0.39 is 0 Å². The van der Waals surface area contributed by atoms with Gasteiger partial charge < -0.3 is 9.64 Å². The maximum atomic E-state index is 12.6. The number of carbonyl (C=O) groups excluding carboxylic acids is 1. The van der Waals surface area contributed by atoms with Gasteiger partial charge in [-0.25, -0.2) is 0 Å². The van der Waals surface area contributed by atoms with Gasteiger partial charge in [0, 0.05) is 36.3 Å². The number of benzene rings is 2. The summed E-state index contributed by atoms with van der Waals surface area (Å²) in [6.45, 7) is 1.15. The highest BCUT2D eigenvalue weighted by Crippen LogP contribution is 2.28. The van der Waals surface area contributed by atoms with E-state index in [2.05, 4.69) is 10.2 Å². The Morgan fingerprint density at radius 2 is 1.92 bits per heavy atom. The Morgan fingerprint density at radius 3 is 2.73 bits per heavy atom. The van der Waals surface area contributed by atoms with Gasteiger partial charge in [0.05, 0.1) is 10.7 Å². The van der Waals surface area contributed by atoms with Gasteiger partial charge >= 0.3 is 0 Å². The lowest BCUT2D eigenvalue weighted by Gasteiger charge is -2.27. The number of H-pyrrole nitrogens is 1. The van der Waals surface area contributed by atoms with Crippen LogP contribution in [-0.4, -0.2) is 34.2 Å². The van der Waals surface area contributed by atoms with Crippen LogP contribution < -0.4 is 4.74 Å². The fourth-order valence-corrected chi connectivity index (χ4v) is 3.33. The Morgan fingerprint density at radius 1 is 1.15 bits per heavy atom. The number of rotatable bonds is 4. The number of hydrogen-bond acceptors (Lipinski definition) is 3. The second-order valence-electron chi connectivity index (χ2n) is 6.18. The van der Waals surface area contributed by atoms with Crippen LogP contribution in [0.25, 0.3) is 11.3 Å². The van der Waals surface area contributed by atoms with Gasteiger partial charge in [-0.3, -0.25) is 9.89 Å². The molecule has 0 saturated carbocycles. The second-order valence-corrected chi connectivity index (χ2v) is 6.59. The average Bonchev–Trinajstić information content (AvgIpc) is 3.11. The second kappa shape index (κ2) is 7.22. The topological polar surface area (TPSA) is 58.2 Å². The highest BCUT2D eigenvalue weighted by molar-refractivity contribution is 6.32. The molecule has 0 fully saturated rings. The van der Waals surface area contributed by atoms with Gasteiger partial charge in [0.1, 0.15) is 5.75 Å². The molecule has 0 atom stereocenters. The van der Waals surface area contributed by atoms with Crippen LogP contribution in [0.1, 0.15) is 11.3 Å². The highest BCUT2D eigenvalue weighted by atomic mass is 35.5. The number of nitrogens with one attached hydrogen (secondary N) is 1. The van der Waals surface area contributed by atoms with Crippen molar-refractivity contribution in [3.05, 3.63) is 70.9 Å². The zero-order valence-electron chi connectivity index (χ0n) is 14.1. The third-order valence-corrected chi connectivity index (χ3v) is 4.83. The van der Waals surface area contributed by atoms with Gasteiger partial charge in [-0.05, 0) is 12.1 Å². The van der Waals surface area contributed by atoms with Crippen molar-refractivity contribution in [3.63, 3.8) is 0 Å². The van der Waals surface area contributed by atoms with Crippen LogP contribution in [0.4, 0.5) is 0 Å². The number of amides is 1. The molecule has 4 rings (SSSR count). The van der Waals surface area contributed by atoms with Crippen LogP contribution in [0.15, 0.2) is 54.6 Å². The Balaban J connectivity index is 1.47. The lowest BCUT2D eigenvalue weighted by molar-refractivity contribution is -0.134. The molecule has 1 N–H and O–H groups in total. The normalized spacial score (nSPS) is 13.3. The van der Waals surface area contributed by atoms with Crippen molar-refractivity contribution in [2.24, 2.45) is 0 Å². The third-order valence-electron chi connectivity index (χ3n) is 4.52. The molecule has 1 aromatic heterocycles. The number of halogens is 1. The SMILES string of the molecule is O=C(COc1ccccc1Cl)N1CCc2[nH]nc(-c3ccccc3)c2C1. The Hall–Kier alpha value is -2.79. The van der Waals surface area contributed by atoms with E-state index in [1.165, 1.54) is 0 Å². The smallest absolute Gasteiger partial charge is 0.260 e. The molecule has 1 aliphatic rings. The van der Waals surface area contributed by atoms with Gasteiger partial charge in [-0.1, -0.05) is 54.1 Å². The molecular formula is C20H18ClN3O2. The molecule has 0 aliphatic carbocycles. The lowest BCUT2D eigenvalue weighted by Crippen LogP contribution is -2.38. The summed E-state index contributed by atoms with van der Waals surface area (Å²) in [5.41, 5.74) is 4.13. The van der Waals surface area contributed by atoms with Gasteiger partial charge in [0.15, 0.2) is 6.61 Å². The summed E-state index contributed by atoms with van der Waals surface area (Å²) in [5, 5.41) is 8.07. The first-order valence-corrected chi connectivity index (χ1v) is 8.87. The molecule has 1 aliphatic heterocycles. The number of aromatic amines is 1. The van der Waals surface area contributed by atoms with E-state index in [4.69, 9.17) is 16.3 Å². The van der Waals surface area contributed by atoms with Gasteiger partial charge in [0.25, 0.3) is 5.91 Å². The fraction of sp³-hybridized carbons (Fsp3) is 0.200. The first kappa shape index (κ1) is 16.7. The Kier molecular flexibility index (Phi) is 4.63. The van der Waals surface area contributed by atoms with Crippen molar-refractivity contribution in [1.29, 1.82) is 0 Å². The summed E-state index contributed by atoms with van der Waals surface area (Å²) >= 11 is 6.07. The lowest BCUT2D eigenvalue weighted by atomic mass is 10.0. The summed E-state index contributed by atoms with van der Waals surface area (Å²) in [6.07, 6.45) is 0.757. The number of aromatic nitrogens is 2. The largest absolute Gasteiger partial charge is 0.482 e. The third kappa shape index (κ3) is 3.30. The van der Waals surface area contributed by atoms with Gasteiger partial charge in [0.2, 0.25) is 0 Å². The van der Waals surface area contributed by atoms with E-state index in [9.17, 15) is 4.79 Å². The molecule has 0 unspecified atom stereocenters. The van der Waals surface area contributed by atoms with E-state index in [0.717, 1.165) is 28.9 Å². The number of ether oxygens (including phenoxy) is 1. The average molecular weight is 368 g/mol. The molecule has 0 bridgehead atoms. The monoisotopic (exact) mass is 367 g/mol. The van der Waals surface area contributed by atoms with E-state index in [1.54, 1.807) is 17.0 Å². The standard InChI is InChI=1S/C20H18ClN3O2/c21-16-8-4-5-9-18(16)26-13-19(25)24-11-10-17-15(12-24)20(23-22-17)14-6-2-1-3-7-14/h1-9H,10-13H2,(H,22,23). The van der Waals surface area contributed by atoms with E-state index >= 15 is 0 Å². The first-order chi connectivity index (χ1) is 12.7. The van der Waals surface area contributed by atoms with Gasteiger partial charge in [-0.15, -0.1) is 0 Å². The molecular weight excluding hydrogens is 350 g/mol. The van der Waals surface area contributed by atoms with Crippen LogP contribution in [0.5, 0.6) is 5.75 Å². The minimum absolute atomic E-state index is 0.0302. The molecule has 5 nitrogen and oxygen atoms in total. The van der Waals surface area contributed by atoms with Crippen LogP contribution in [0, 0.1) is 0 Å². The maximum absolute atomic E-state index is 12.6. The van der Waals surface area contributed by atoms with Crippen molar-refractivity contribution >= 4 is 17.5 Å². The number of nitrogens with zero attached hydrogens (tertiary/aromatic N) is 2. The number of para-hydroxylation sites is 1. The zero-order chi connectivity index (χ0) is 17.9. The highest BCUT2D eigenvalue weighted by Gasteiger charge is 2.26. The van der Waals surface area contributed by atoms with Crippen molar-refractivity contribution < 1.29 is 9.53 Å². The van der Waals surface area contributed by atoms with Crippen LogP contribution in [-0.2, 0) is 17.8 Å². The van der Waals surface area contributed by atoms with Crippen molar-refractivity contribution in [2.45, 2.75) is 13.0 Å². The minimum Gasteiger partial charge on any atom is -0.482 e. The molecule has 3 aromatic rings. The van der Waals surface area contributed by atoms with Crippen molar-refractivity contribution in [1.82, 2.24) is 15.1 Å². The molecule has 0 spiro atoms. The summed E-state index contributed by atoms with van der Waals surface area (Å²) in [6, 6.07) is 17.2. The number of fused-ring (bicyclic) bond motifs is 1. The van der Waals surface area contributed by atoms with Crippen LogP contribution >= 0.6 is 11.6 Å².